The molecule has 90 valence electrons. The number of halogens is 1. The van der Waals surface area contributed by atoms with Gasteiger partial charge in [0, 0.05) is 0 Å². The van der Waals surface area contributed by atoms with E-state index < -0.39 is 11.8 Å². The molecule has 0 aliphatic carbocycles. The lowest BCUT2D eigenvalue weighted by Crippen LogP contribution is -2.17. The number of hydrogen-bond acceptors (Lipinski definition) is 3. The summed E-state index contributed by atoms with van der Waals surface area (Å²) in [6.07, 6.45) is 0.207. The Kier molecular flexibility index (Phi) is 4.37. The quantitative estimate of drug-likeness (QED) is 0.371. The molecule has 1 N–H and O–H groups in total. The smallest absolute Gasteiger partial charge is 0.416 e. The number of ether oxygens (including phenoxy) is 1. The van der Waals surface area contributed by atoms with E-state index >= 15 is 0 Å². The standard InChI is InChI=1S/C11H11FN2O3/c1-17-11(16)9(14-13)4-2-7-6-8(12)3-5-10(7)15/h3,5-6,15H,2,4H2,1H3. The molecule has 0 aliphatic heterocycles. The first kappa shape index (κ1) is 12.9. The van der Waals surface area contributed by atoms with E-state index in [1.165, 1.54) is 6.07 Å². The van der Waals surface area contributed by atoms with Crippen molar-refractivity contribution in [3.8, 4) is 5.75 Å². The average molecular weight is 238 g/mol. The maximum atomic E-state index is 12.9. The number of carbonyl (C=O) groups is 1. The van der Waals surface area contributed by atoms with Gasteiger partial charge in [-0.3, -0.25) is 0 Å². The second kappa shape index (κ2) is 5.77. The van der Waals surface area contributed by atoms with E-state index in [1.807, 2.05) is 0 Å². The van der Waals surface area contributed by atoms with E-state index in [2.05, 4.69) is 9.53 Å². The van der Waals surface area contributed by atoms with Crippen molar-refractivity contribution in [2.24, 2.45) is 0 Å². The highest BCUT2D eigenvalue weighted by Crippen LogP contribution is 2.19. The largest absolute Gasteiger partial charge is 0.508 e. The molecule has 0 aromatic heterocycles. The van der Waals surface area contributed by atoms with Crippen LogP contribution in [0.25, 0.3) is 5.53 Å². The topological polar surface area (TPSA) is 82.9 Å². The number of carbonyl (C=O) groups excluding carboxylic acids is 1. The van der Waals surface area contributed by atoms with Crippen LogP contribution in [0.2, 0.25) is 0 Å². The molecule has 6 heteroatoms. The number of aryl methyl sites for hydroxylation is 1. The SMILES string of the molecule is COC(=O)C(CCc1cc(F)ccc1O)=[N+]=[N-]. The molecular formula is C11H11FN2O3. The van der Waals surface area contributed by atoms with Crippen molar-refractivity contribution in [2.75, 3.05) is 7.11 Å². The van der Waals surface area contributed by atoms with Crippen LogP contribution in [0.3, 0.4) is 0 Å². The van der Waals surface area contributed by atoms with Gasteiger partial charge in [0.25, 0.3) is 0 Å². The van der Waals surface area contributed by atoms with E-state index in [0.29, 0.717) is 5.56 Å². The van der Waals surface area contributed by atoms with Gasteiger partial charge in [-0.05, 0) is 30.2 Å². The second-order valence-electron chi connectivity index (χ2n) is 3.31. The number of phenolic OH excluding ortho intramolecular Hbond substituents is 1. The molecule has 0 radical (unpaired) electrons. The zero-order valence-corrected chi connectivity index (χ0v) is 9.18. The van der Waals surface area contributed by atoms with Gasteiger partial charge >= 0.3 is 11.7 Å². The van der Waals surface area contributed by atoms with Crippen LogP contribution < -0.4 is 0 Å². The van der Waals surface area contributed by atoms with Crippen molar-refractivity contribution < 1.29 is 23.8 Å². The lowest BCUT2D eigenvalue weighted by molar-refractivity contribution is -0.137. The van der Waals surface area contributed by atoms with Gasteiger partial charge in [-0.15, -0.1) is 0 Å². The molecule has 0 atom stereocenters. The van der Waals surface area contributed by atoms with Crippen LogP contribution in [0.5, 0.6) is 5.75 Å². The highest BCUT2D eigenvalue weighted by atomic mass is 19.1. The summed E-state index contributed by atoms with van der Waals surface area (Å²) >= 11 is 0. The fraction of sp³-hybridized carbons (Fsp3) is 0.273. The summed E-state index contributed by atoms with van der Waals surface area (Å²) in [5.74, 6) is -1.32. The Hall–Kier alpha value is -2.20. The van der Waals surface area contributed by atoms with Gasteiger partial charge in [0.2, 0.25) is 0 Å². The van der Waals surface area contributed by atoms with Crippen LogP contribution in [0, 0.1) is 5.82 Å². The Balaban J connectivity index is 2.76. The molecule has 0 saturated heterocycles. The van der Waals surface area contributed by atoms with Crippen LogP contribution in [-0.2, 0) is 16.0 Å². The molecule has 0 spiro atoms. The van der Waals surface area contributed by atoms with Gasteiger partial charge in [-0.25, -0.2) is 9.18 Å². The third kappa shape index (κ3) is 3.39. The minimum Gasteiger partial charge on any atom is -0.508 e. The third-order valence-corrected chi connectivity index (χ3v) is 2.21. The lowest BCUT2D eigenvalue weighted by Gasteiger charge is -2.02. The summed E-state index contributed by atoms with van der Waals surface area (Å²) in [5, 5.41) is 9.43. The summed E-state index contributed by atoms with van der Waals surface area (Å²) in [6.45, 7) is 0. The number of methoxy groups -OCH3 is 1. The molecule has 0 amide bonds. The second-order valence-corrected chi connectivity index (χ2v) is 3.31. The first-order valence-electron chi connectivity index (χ1n) is 4.85. The Bertz CT molecular complexity index is 482. The molecule has 17 heavy (non-hydrogen) atoms. The Labute approximate surface area is 97.1 Å². The van der Waals surface area contributed by atoms with Gasteiger partial charge in [0.15, 0.2) is 0 Å². The zero-order valence-electron chi connectivity index (χ0n) is 9.18. The predicted molar refractivity (Wildman–Crippen MR) is 57.0 cm³/mol. The fourth-order valence-electron chi connectivity index (χ4n) is 1.32. The normalized spacial score (nSPS) is 9.53. The average Bonchev–Trinajstić information content (AvgIpc) is 2.33. The molecule has 5 nitrogen and oxygen atoms in total. The number of benzene rings is 1. The maximum absolute atomic E-state index is 12.9. The van der Waals surface area contributed by atoms with Crippen molar-refractivity contribution in [3.05, 3.63) is 35.1 Å². The molecule has 0 bridgehead atoms. The minimum atomic E-state index is -0.761. The molecular weight excluding hydrogens is 227 g/mol. The maximum Gasteiger partial charge on any atom is 0.416 e. The fourth-order valence-corrected chi connectivity index (χ4v) is 1.32. The molecule has 1 aromatic rings. The van der Waals surface area contributed by atoms with E-state index in [9.17, 15) is 14.3 Å². The molecule has 0 fully saturated rings. The lowest BCUT2D eigenvalue weighted by atomic mass is 10.1. The van der Waals surface area contributed by atoms with Crippen molar-refractivity contribution in [3.63, 3.8) is 0 Å². The number of hydrogen-bond donors (Lipinski definition) is 1. The van der Waals surface area contributed by atoms with E-state index in [4.69, 9.17) is 5.53 Å². The van der Waals surface area contributed by atoms with Crippen LogP contribution in [0.15, 0.2) is 18.2 Å². The minimum absolute atomic E-state index is 0.0419. The molecule has 1 aromatic carbocycles. The highest BCUT2D eigenvalue weighted by molar-refractivity contribution is 6.33. The molecule has 0 saturated carbocycles. The van der Waals surface area contributed by atoms with E-state index in [-0.39, 0.29) is 24.3 Å². The van der Waals surface area contributed by atoms with Crippen molar-refractivity contribution in [1.29, 1.82) is 0 Å². The summed E-state index contributed by atoms with van der Waals surface area (Å²) in [4.78, 5) is 13.9. The van der Waals surface area contributed by atoms with Gasteiger partial charge in [0.1, 0.15) is 11.6 Å². The van der Waals surface area contributed by atoms with Gasteiger partial charge < -0.3 is 15.4 Å². The molecule has 0 aliphatic rings. The number of aromatic hydroxyl groups is 1. The Morgan fingerprint density at radius 1 is 1.59 bits per heavy atom. The number of phenols is 1. The van der Waals surface area contributed by atoms with Crippen molar-refractivity contribution >= 4 is 11.7 Å². The van der Waals surface area contributed by atoms with Crippen molar-refractivity contribution in [1.82, 2.24) is 0 Å². The van der Waals surface area contributed by atoms with Crippen LogP contribution in [0.1, 0.15) is 12.0 Å². The first-order valence-corrected chi connectivity index (χ1v) is 4.85. The highest BCUT2D eigenvalue weighted by Gasteiger charge is 2.21. The van der Waals surface area contributed by atoms with Crippen LogP contribution in [0.4, 0.5) is 4.39 Å². The van der Waals surface area contributed by atoms with Gasteiger partial charge in [-0.2, -0.15) is 4.79 Å². The molecule has 1 rings (SSSR count). The summed E-state index contributed by atoms with van der Waals surface area (Å²) in [7, 11) is 1.16. The van der Waals surface area contributed by atoms with Gasteiger partial charge in [-0.1, -0.05) is 0 Å². The van der Waals surface area contributed by atoms with Crippen LogP contribution in [-0.4, -0.2) is 28.7 Å². The first-order chi connectivity index (χ1) is 8.08. The monoisotopic (exact) mass is 238 g/mol. The number of rotatable bonds is 4. The summed E-state index contributed by atoms with van der Waals surface area (Å²) in [5.41, 5.74) is 8.72. The Morgan fingerprint density at radius 2 is 2.29 bits per heavy atom. The van der Waals surface area contributed by atoms with E-state index in [1.54, 1.807) is 0 Å². The third-order valence-electron chi connectivity index (χ3n) is 2.21. The zero-order chi connectivity index (χ0) is 12.8. The predicted octanol–water partition coefficient (Wildman–Crippen LogP) is 1.31. The Morgan fingerprint density at radius 3 is 2.88 bits per heavy atom. The number of nitrogens with zero attached hydrogens (tertiary/aromatic N) is 2. The molecule has 0 unspecified atom stereocenters. The van der Waals surface area contributed by atoms with Crippen LogP contribution >= 0.6 is 0 Å². The number of esters is 1. The summed E-state index contributed by atoms with van der Waals surface area (Å²) in [6, 6.07) is 3.50. The van der Waals surface area contributed by atoms with Crippen molar-refractivity contribution in [2.45, 2.75) is 12.8 Å². The van der Waals surface area contributed by atoms with Gasteiger partial charge in [0.05, 0.1) is 13.5 Å². The summed E-state index contributed by atoms with van der Waals surface area (Å²) < 4.78 is 17.3. The molecule has 0 heterocycles. The van der Waals surface area contributed by atoms with E-state index in [0.717, 1.165) is 19.2 Å².